The Morgan fingerprint density at radius 3 is 2.16 bits per heavy atom. The first kappa shape index (κ1) is 17.1. The maximum atomic E-state index is 12.4. The fourth-order valence-electron chi connectivity index (χ4n) is 2.29. The molecule has 1 heterocycles. The van der Waals surface area contributed by atoms with E-state index in [1.54, 1.807) is 12.1 Å². The molecular weight excluding hydrogens is 382 g/mol. The van der Waals surface area contributed by atoms with Crippen LogP contribution in [0.3, 0.4) is 0 Å². The van der Waals surface area contributed by atoms with Gasteiger partial charge in [-0.15, -0.1) is 0 Å². The summed E-state index contributed by atoms with van der Waals surface area (Å²) in [4.78, 5) is 21.1. The number of aryl methyl sites for hydroxylation is 2. The molecule has 3 rings (SSSR count). The molecule has 0 fully saturated rings. The Labute approximate surface area is 154 Å². The molecule has 0 aliphatic heterocycles. The van der Waals surface area contributed by atoms with Gasteiger partial charge in [0.2, 0.25) is 0 Å². The number of aromatic nitrogens is 2. The van der Waals surface area contributed by atoms with Crippen LogP contribution in [0.1, 0.15) is 21.7 Å². The number of amides is 1. The first-order valence-corrected chi connectivity index (χ1v) is 8.47. The number of carbonyl (C=O) groups excluding carboxylic acids is 1. The standard InChI is InChI=1S/C19H16BrN3O2/c1-12-17(23-18(24)14-8-10-15(20)11-9-14)13(2)22-19(21-12)25-16-6-4-3-5-7-16/h3-11H,1-2H3,(H,23,24). The monoisotopic (exact) mass is 397 g/mol. The summed E-state index contributed by atoms with van der Waals surface area (Å²) in [7, 11) is 0. The third kappa shape index (κ3) is 4.22. The van der Waals surface area contributed by atoms with Gasteiger partial charge in [-0.05, 0) is 50.2 Å². The zero-order valence-electron chi connectivity index (χ0n) is 13.8. The number of hydrogen-bond donors (Lipinski definition) is 1. The molecule has 6 heteroatoms. The van der Waals surface area contributed by atoms with Crippen LogP contribution in [-0.2, 0) is 0 Å². The summed E-state index contributed by atoms with van der Waals surface area (Å²) >= 11 is 3.35. The highest BCUT2D eigenvalue weighted by molar-refractivity contribution is 9.10. The Hall–Kier alpha value is -2.73. The molecular formula is C19H16BrN3O2. The second-order valence-electron chi connectivity index (χ2n) is 5.43. The van der Waals surface area contributed by atoms with E-state index >= 15 is 0 Å². The van der Waals surface area contributed by atoms with Gasteiger partial charge in [0.25, 0.3) is 5.91 Å². The van der Waals surface area contributed by atoms with Crippen LogP contribution in [-0.4, -0.2) is 15.9 Å². The maximum Gasteiger partial charge on any atom is 0.322 e. The van der Waals surface area contributed by atoms with Crippen molar-refractivity contribution in [3.05, 3.63) is 76.0 Å². The van der Waals surface area contributed by atoms with E-state index in [4.69, 9.17) is 4.74 Å². The van der Waals surface area contributed by atoms with E-state index in [1.807, 2.05) is 56.3 Å². The molecule has 1 aromatic heterocycles. The van der Waals surface area contributed by atoms with E-state index in [2.05, 4.69) is 31.2 Å². The van der Waals surface area contributed by atoms with Crippen molar-refractivity contribution in [1.82, 2.24) is 9.97 Å². The smallest absolute Gasteiger partial charge is 0.322 e. The van der Waals surface area contributed by atoms with Crippen LogP contribution >= 0.6 is 15.9 Å². The highest BCUT2D eigenvalue weighted by atomic mass is 79.9. The Balaban J connectivity index is 1.80. The number of rotatable bonds is 4. The summed E-state index contributed by atoms with van der Waals surface area (Å²) in [5, 5.41) is 2.87. The number of hydrogen-bond acceptors (Lipinski definition) is 4. The van der Waals surface area contributed by atoms with Crippen molar-refractivity contribution in [2.75, 3.05) is 5.32 Å². The van der Waals surface area contributed by atoms with Gasteiger partial charge in [-0.2, -0.15) is 9.97 Å². The largest absolute Gasteiger partial charge is 0.424 e. The average molecular weight is 398 g/mol. The molecule has 126 valence electrons. The Morgan fingerprint density at radius 1 is 0.960 bits per heavy atom. The predicted octanol–water partition coefficient (Wildman–Crippen LogP) is 4.90. The van der Waals surface area contributed by atoms with E-state index < -0.39 is 0 Å². The first-order chi connectivity index (χ1) is 12.0. The highest BCUT2D eigenvalue weighted by Crippen LogP contribution is 2.24. The molecule has 0 aliphatic carbocycles. The van der Waals surface area contributed by atoms with Crippen LogP contribution in [0.25, 0.3) is 0 Å². The van der Waals surface area contributed by atoms with E-state index in [0.717, 1.165) is 4.47 Å². The maximum absolute atomic E-state index is 12.4. The zero-order valence-corrected chi connectivity index (χ0v) is 15.4. The van der Waals surface area contributed by atoms with Crippen molar-refractivity contribution >= 4 is 27.5 Å². The van der Waals surface area contributed by atoms with Gasteiger partial charge < -0.3 is 10.1 Å². The second kappa shape index (κ2) is 7.44. The third-order valence-electron chi connectivity index (χ3n) is 3.55. The average Bonchev–Trinajstić information content (AvgIpc) is 2.59. The van der Waals surface area contributed by atoms with Gasteiger partial charge in [-0.25, -0.2) is 0 Å². The summed E-state index contributed by atoms with van der Waals surface area (Å²) in [6.07, 6.45) is 0. The number of halogens is 1. The SMILES string of the molecule is Cc1nc(Oc2ccccc2)nc(C)c1NC(=O)c1ccc(Br)cc1. The molecule has 0 saturated carbocycles. The number of nitrogens with zero attached hydrogens (tertiary/aromatic N) is 2. The molecule has 2 aromatic carbocycles. The van der Waals surface area contributed by atoms with Crippen LogP contribution in [0.4, 0.5) is 5.69 Å². The first-order valence-electron chi connectivity index (χ1n) is 7.68. The van der Waals surface area contributed by atoms with Crippen LogP contribution in [0.15, 0.2) is 59.1 Å². The summed E-state index contributed by atoms with van der Waals surface area (Å²) in [5.41, 5.74) is 2.44. The molecule has 0 saturated heterocycles. The van der Waals surface area contributed by atoms with Crippen molar-refractivity contribution in [2.24, 2.45) is 0 Å². The predicted molar refractivity (Wildman–Crippen MR) is 100 cm³/mol. The van der Waals surface area contributed by atoms with Gasteiger partial charge in [0, 0.05) is 10.0 Å². The Bertz CT molecular complexity index is 873. The van der Waals surface area contributed by atoms with Crippen LogP contribution in [0, 0.1) is 13.8 Å². The molecule has 0 radical (unpaired) electrons. The van der Waals surface area contributed by atoms with Gasteiger partial charge in [-0.1, -0.05) is 34.1 Å². The fraction of sp³-hybridized carbons (Fsp3) is 0.105. The lowest BCUT2D eigenvalue weighted by Gasteiger charge is -2.12. The van der Waals surface area contributed by atoms with Crippen molar-refractivity contribution < 1.29 is 9.53 Å². The van der Waals surface area contributed by atoms with E-state index in [1.165, 1.54) is 0 Å². The van der Waals surface area contributed by atoms with Crippen LogP contribution in [0.2, 0.25) is 0 Å². The number of para-hydroxylation sites is 1. The second-order valence-corrected chi connectivity index (χ2v) is 6.34. The topological polar surface area (TPSA) is 64.1 Å². The summed E-state index contributed by atoms with van der Waals surface area (Å²) in [5.74, 6) is 0.451. The minimum absolute atomic E-state index is 0.209. The number of anilines is 1. The quantitative estimate of drug-likeness (QED) is 0.679. The minimum Gasteiger partial charge on any atom is -0.424 e. The lowest BCUT2D eigenvalue weighted by Crippen LogP contribution is -2.15. The van der Waals surface area contributed by atoms with E-state index in [-0.39, 0.29) is 11.9 Å². The van der Waals surface area contributed by atoms with Crippen molar-refractivity contribution in [1.29, 1.82) is 0 Å². The summed E-state index contributed by atoms with van der Waals surface area (Å²) < 4.78 is 6.58. The van der Waals surface area contributed by atoms with E-state index in [0.29, 0.717) is 28.4 Å². The van der Waals surface area contributed by atoms with Crippen molar-refractivity contribution in [3.8, 4) is 11.8 Å². The molecule has 0 bridgehead atoms. The molecule has 0 spiro atoms. The molecule has 1 N–H and O–H groups in total. The molecule has 1 amide bonds. The normalized spacial score (nSPS) is 10.4. The van der Waals surface area contributed by atoms with Crippen LogP contribution < -0.4 is 10.1 Å². The lowest BCUT2D eigenvalue weighted by atomic mass is 10.2. The number of carbonyl (C=O) groups is 1. The minimum atomic E-state index is -0.209. The molecule has 25 heavy (non-hydrogen) atoms. The van der Waals surface area contributed by atoms with Gasteiger partial charge in [0.1, 0.15) is 5.75 Å². The zero-order chi connectivity index (χ0) is 17.8. The summed E-state index contributed by atoms with van der Waals surface area (Å²) in [6.45, 7) is 3.62. The molecule has 3 aromatic rings. The fourth-order valence-corrected chi connectivity index (χ4v) is 2.56. The van der Waals surface area contributed by atoms with Crippen LogP contribution in [0.5, 0.6) is 11.8 Å². The van der Waals surface area contributed by atoms with Gasteiger partial charge in [0.15, 0.2) is 0 Å². The Morgan fingerprint density at radius 2 is 1.56 bits per heavy atom. The molecule has 0 atom stereocenters. The Kier molecular flexibility index (Phi) is 5.09. The van der Waals surface area contributed by atoms with E-state index in [9.17, 15) is 4.79 Å². The van der Waals surface area contributed by atoms with Gasteiger partial charge in [-0.3, -0.25) is 4.79 Å². The summed E-state index contributed by atoms with van der Waals surface area (Å²) in [6, 6.07) is 16.7. The molecule has 0 aliphatic rings. The van der Waals surface area contributed by atoms with Gasteiger partial charge >= 0.3 is 6.01 Å². The van der Waals surface area contributed by atoms with Crippen molar-refractivity contribution in [2.45, 2.75) is 13.8 Å². The van der Waals surface area contributed by atoms with Crippen molar-refractivity contribution in [3.63, 3.8) is 0 Å². The molecule has 5 nitrogen and oxygen atoms in total. The third-order valence-corrected chi connectivity index (χ3v) is 4.08. The lowest BCUT2D eigenvalue weighted by molar-refractivity contribution is 0.102. The van der Waals surface area contributed by atoms with Gasteiger partial charge in [0.05, 0.1) is 17.1 Å². The number of nitrogens with one attached hydrogen (secondary N) is 1. The highest BCUT2D eigenvalue weighted by Gasteiger charge is 2.14. The number of ether oxygens (including phenoxy) is 1. The number of benzene rings is 2. The molecule has 0 unspecified atom stereocenters.